The molecule has 0 bridgehead atoms. The van der Waals surface area contributed by atoms with Crippen molar-refractivity contribution in [2.45, 2.75) is 13.3 Å². The SMILES string of the molecule is COC(=O)c1nc(C)cc(NCCc2cccc(F)c2)n1. The van der Waals surface area contributed by atoms with Crippen molar-refractivity contribution < 1.29 is 13.9 Å². The van der Waals surface area contributed by atoms with Gasteiger partial charge in [-0.2, -0.15) is 0 Å². The molecule has 1 N–H and O–H groups in total. The molecular weight excluding hydrogens is 273 g/mol. The minimum Gasteiger partial charge on any atom is -0.463 e. The number of carbonyl (C=O) groups excluding carboxylic acids is 1. The highest BCUT2D eigenvalue weighted by Crippen LogP contribution is 2.08. The van der Waals surface area contributed by atoms with E-state index < -0.39 is 5.97 Å². The monoisotopic (exact) mass is 289 g/mol. The Labute approximate surface area is 122 Å². The van der Waals surface area contributed by atoms with E-state index in [0.717, 1.165) is 5.56 Å². The van der Waals surface area contributed by atoms with E-state index in [1.54, 1.807) is 19.1 Å². The second-order valence-electron chi connectivity index (χ2n) is 4.52. The molecule has 2 rings (SSSR count). The smallest absolute Gasteiger partial charge is 0.376 e. The molecule has 1 aromatic carbocycles. The molecular formula is C15H16FN3O2. The summed E-state index contributed by atoms with van der Waals surface area (Å²) in [5, 5.41) is 3.09. The van der Waals surface area contributed by atoms with Gasteiger partial charge >= 0.3 is 5.97 Å². The first-order valence-corrected chi connectivity index (χ1v) is 6.51. The lowest BCUT2D eigenvalue weighted by Gasteiger charge is -2.08. The fraction of sp³-hybridized carbons (Fsp3) is 0.267. The summed E-state index contributed by atoms with van der Waals surface area (Å²) in [6.45, 7) is 2.34. The van der Waals surface area contributed by atoms with Gasteiger partial charge < -0.3 is 10.1 Å². The van der Waals surface area contributed by atoms with Gasteiger partial charge in [-0.25, -0.2) is 19.2 Å². The third-order valence-corrected chi connectivity index (χ3v) is 2.83. The van der Waals surface area contributed by atoms with E-state index in [2.05, 4.69) is 20.0 Å². The lowest BCUT2D eigenvalue weighted by molar-refractivity contribution is 0.0586. The summed E-state index contributed by atoms with van der Waals surface area (Å²) < 4.78 is 17.7. The standard InChI is InChI=1S/C15H16FN3O2/c1-10-8-13(19-14(18-10)15(20)21-2)17-7-6-11-4-3-5-12(16)9-11/h3-5,8-9H,6-7H2,1-2H3,(H,17,18,19). The highest BCUT2D eigenvalue weighted by Gasteiger charge is 2.11. The van der Waals surface area contributed by atoms with Crippen LogP contribution in [0.5, 0.6) is 0 Å². The van der Waals surface area contributed by atoms with Crippen LogP contribution in [0.4, 0.5) is 10.2 Å². The second-order valence-corrected chi connectivity index (χ2v) is 4.52. The van der Waals surface area contributed by atoms with Crippen molar-refractivity contribution in [3.8, 4) is 0 Å². The average Bonchev–Trinajstić information content (AvgIpc) is 2.46. The fourth-order valence-electron chi connectivity index (χ4n) is 1.87. The van der Waals surface area contributed by atoms with Crippen molar-refractivity contribution in [1.82, 2.24) is 9.97 Å². The van der Waals surface area contributed by atoms with Crippen molar-refractivity contribution in [2.75, 3.05) is 19.0 Å². The van der Waals surface area contributed by atoms with Gasteiger partial charge in [-0.15, -0.1) is 0 Å². The van der Waals surface area contributed by atoms with E-state index in [0.29, 0.717) is 24.5 Å². The molecule has 1 heterocycles. The first-order chi connectivity index (χ1) is 10.1. The van der Waals surface area contributed by atoms with Gasteiger partial charge in [0.05, 0.1) is 7.11 Å². The molecule has 110 valence electrons. The third-order valence-electron chi connectivity index (χ3n) is 2.83. The van der Waals surface area contributed by atoms with Crippen molar-refractivity contribution in [1.29, 1.82) is 0 Å². The molecule has 0 radical (unpaired) electrons. The molecule has 0 saturated carbocycles. The number of esters is 1. The van der Waals surface area contributed by atoms with Gasteiger partial charge in [0, 0.05) is 18.3 Å². The fourth-order valence-corrected chi connectivity index (χ4v) is 1.87. The lowest BCUT2D eigenvalue weighted by atomic mass is 10.1. The van der Waals surface area contributed by atoms with E-state index in [4.69, 9.17) is 0 Å². The Hall–Kier alpha value is -2.50. The zero-order chi connectivity index (χ0) is 15.2. The number of nitrogens with one attached hydrogen (secondary N) is 1. The molecule has 2 aromatic rings. The number of methoxy groups -OCH3 is 1. The molecule has 1 aromatic heterocycles. The Bertz CT molecular complexity index is 647. The van der Waals surface area contributed by atoms with Crippen LogP contribution in [0.25, 0.3) is 0 Å². The Morgan fingerprint density at radius 1 is 1.33 bits per heavy atom. The molecule has 6 heteroatoms. The summed E-state index contributed by atoms with van der Waals surface area (Å²) in [5.41, 5.74) is 1.56. The summed E-state index contributed by atoms with van der Waals surface area (Å²) in [7, 11) is 1.28. The molecule has 0 saturated heterocycles. The minimum atomic E-state index is -0.577. The molecule has 21 heavy (non-hydrogen) atoms. The summed E-state index contributed by atoms with van der Waals surface area (Å²) in [6.07, 6.45) is 0.647. The molecule has 0 amide bonds. The zero-order valence-electron chi connectivity index (χ0n) is 11.9. The van der Waals surface area contributed by atoms with E-state index >= 15 is 0 Å². The topological polar surface area (TPSA) is 64.1 Å². The first kappa shape index (κ1) is 14.9. The highest BCUT2D eigenvalue weighted by atomic mass is 19.1. The van der Waals surface area contributed by atoms with Crippen LogP contribution in [0.1, 0.15) is 21.9 Å². The number of rotatable bonds is 5. The van der Waals surface area contributed by atoms with E-state index in [1.165, 1.54) is 19.2 Å². The maximum atomic E-state index is 13.1. The third kappa shape index (κ3) is 4.24. The van der Waals surface area contributed by atoms with Gasteiger partial charge in [0.25, 0.3) is 0 Å². The van der Waals surface area contributed by atoms with E-state index in [9.17, 15) is 9.18 Å². The number of hydrogen-bond acceptors (Lipinski definition) is 5. The predicted octanol–water partition coefficient (Wildman–Crippen LogP) is 2.37. The number of ether oxygens (including phenoxy) is 1. The number of nitrogens with zero attached hydrogens (tertiary/aromatic N) is 2. The van der Waals surface area contributed by atoms with Crippen LogP contribution >= 0.6 is 0 Å². The van der Waals surface area contributed by atoms with Gasteiger partial charge in [-0.3, -0.25) is 0 Å². The van der Waals surface area contributed by atoms with Crippen LogP contribution in [0.2, 0.25) is 0 Å². The number of halogens is 1. The Balaban J connectivity index is 2.00. The molecule has 0 unspecified atom stereocenters. The number of carbonyl (C=O) groups is 1. The Morgan fingerprint density at radius 3 is 2.86 bits per heavy atom. The van der Waals surface area contributed by atoms with Crippen LogP contribution in [-0.4, -0.2) is 29.6 Å². The number of anilines is 1. The highest BCUT2D eigenvalue weighted by molar-refractivity contribution is 5.85. The maximum Gasteiger partial charge on any atom is 0.376 e. The Kier molecular flexibility index (Phi) is 4.81. The largest absolute Gasteiger partial charge is 0.463 e. The number of aromatic nitrogens is 2. The Morgan fingerprint density at radius 2 is 2.14 bits per heavy atom. The molecule has 0 aliphatic heterocycles. The van der Waals surface area contributed by atoms with Crippen molar-refractivity contribution in [2.24, 2.45) is 0 Å². The molecule has 0 fully saturated rings. The number of hydrogen-bond donors (Lipinski definition) is 1. The van der Waals surface area contributed by atoms with E-state index in [1.807, 2.05) is 6.07 Å². The van der Waals surface area contributed by atoms with Crippen LogP contribution in [-0.2, 0) is 11.2 Å². The summed E-state index contributed by atoms with van der Waals surface area (Å²) >= 11 is 0. The molecule has 0 spiro atoms. The number of benzene rings is 1. The molecule has 0 atom stereocenters. The van der Waals surface area contributed by atoms with Crippen molar-refractivity contribution in [3.05, 3.63) is 53.2 Å². The minimum absolute atomic E-state index is 0.0192. The van der Waals surface area contributed by atoms with Crippen LogP contribution in [0.3, 0.4) is 0 Å². The van der Waals surface area contributed by atoms with E-state index in [-0.39, 0.29) is 11.6 Å². The summed E-state index contributed by atoms with van der Waals surface area (Å²) in [5.74, 6) is -0.268. The normalized spacial score (nSPS) is 10.2. The van der Waals surface area contributed by atoms with Crippen molar-refractivity contribution >= 4 is 11.8 Å². The first-order valence-electron chi connectivity index (χ1n) is 6.51. The van der Waals surface area contributed by atoms with Crippen LogP contribution < -0.4 is 5.32 Å². The molecule has 0 aliphatic carbocycles. The average molecular weight is 289 g/mol. The summed E-state index contributed by atoms with van der Waals surface area (Å²) in [4.78, 5) is 19.5. The van der Waals surface area contributed by atoms with Crippen LogP contribution in [0, 0.1) is 12.7 Å². The molecule has 5 nitrogen and oxygen atoms in total. The van der Waals surface area contributed by atoms with Gasteiger partial charge in [-0.05, 0) is 31.0 Å². The second kappa shape index (κ2) is 6.78. The van der Waals surface area contributed by atoms with Gasteiger partial charge in [-0.1, -0.05) is 12.1 Å². The summed E-state index contributed by atoms with van der Waals surface area (Å²) in [6, 6.07) is 8.17. The number of aryl methyl sites for hydroxylation is 1. The molecule has 0 aliphatic rings. The van der Waals surface area contributed by atoms with Crippen LogP contribution in [0.15, 0.2) is 30.3 Å². The van der Waals surface area contributed by atoms with Gasteiger partial charge in [0.15, 0.2) is 0 Å². The quantitative estimate of drug-likeness (QED) is 0.856. The van der Waals surface area contributed by atoms with Gasteiger partial charge in [0.1, 0.15) is 11.6 Å². The predicted molar refractivity (Wildman–Crippen MR) is 76.7 cm³/mol. The maximum absolute atomic E-state index is 13.1. The van der Waals surface area contributed by atoms with Gasteiger partial charge in [0.2, 0.25) is 5.82 Å². The lowest BCUT2D eigenvalue weighted by Crippen LogP contribution is -2.12. The zero-order valence-corrected chi connectivity index (χ0v) is 11.9. The van der Waals surface area contributed by atoms with Crippen molar-refractivity contribution in [3.63, 3.8) is 0 Å².